The van der Waals surface area contributed by atoms with Crippen LogP contribution in [0.1, 0.15) is 0 Å². The Labute approximate surface area is 80.0 Å². The predicted molar refractivity (Wildman–Crippen MR) is 56.4 cm³/mol. The van der Waals surface area contributed by atoms with Crippen LogP contribution in [0.2, 0.25) is 0 Å². The first-order valence-corrected chi connectivity index (χ1v) is 4.70. The van der Waals surface area contributed by atoms with Crippen LogP contribution in [-0.4, -0.2) is 4.98 Å². The lowest BCUT2D eigenvalue weighted by Gasteiger charge is -1.97. The molecular formula is C9H9N3S. The van der Waals surface area contributed by atoms with Crippen LogP contribution in [0.3, 0.4) is 0 Å². The molecule has 0 spiro atoms. The third kappa shape index (κ3) is 1.62. The second-order valence-electron chi connectivity index (χ2n) is 2.70. The zero-order valence-electron chi connectivity index (χ0n) is 6.90. The SMILES string of the molecule is Nc1cccc(-c2csc(N)n2)c1. The van der Waals surface area contributed by atoms with Crippen LogP contribution in [0, 0.1) is 0 Å². The molecule has 2 aromatic rings. The first-order chi connectivity index (χ1) is 6.25. The van der Waals surface area contributed by atoms with Crippen molar-refractivity contribution < 1.29 is 0 Å². The van der Waals surface area contributed by atoms with Crippen LogP contribution < -0.4 is 11.5 Å². The van der Waals surface area contributed by atoms with Gasteiger partial charge in [-0.25, -0.2) is 4.98 Å². The van der Waals surface area contributed by atoms with Gasteiger partial charge in [0, 0.05) is 16.6 Å². The fraction of sp³-hybridized carbons (Fsp3) is 0. The summed E-state index contributed by atoms with van der Waals surface area (Å²) in [5.74, 6) is 0. The number of nitrogen functional groups attached to an aromatic ring is 2. The molecule has 0 bridgehead atoms. The quantitative estimate of drug-likeness (QED) is 0.677. The number of thiazole rings is 1. The normalized spacial score (nSPS) is 10.2. The number of rotatable bonds is 1. The fourth-order valence-corrected chi connectivity index (χ4v) is 1.69. The minimum atomic E-state index is 0.581. The summed E-state index contributed by atoms with van der Waals surface area (Å²) in [6, 6.07) is 7.60. The topological polar surface area (TPSA) is 64.9 Å². The summed E-state index contributed by atoms with van der Waals surface area (Å²) in [7, 11) is 0. The maximum atomic E-state index is 5.65. The highest BCUT2D eigenvalue weighted by Crippen LogP contribution is 2.24. The van der Waals surface area contributed by atoms with Gasteiger partial charge in [0.2, 0.25) is 0 Å². The largest absolute Gasteiger partial charge is 0.399 e. The van der Waals surface area contributed by atoms with E-state index in [0.717, 1.165) is 16.9 Å². The van der Waals surface area contributed by atoms with E-state index in [1.807, 2.05) is 29.6 Å². The van der Waals surface area contributed by atoms with Crippen LogP contribution in [-0.2, 0) is 0 Å². The van der Waals surface area contributed by atoms with Crippen LogP contribution in [0.4, 0.5) is 10.8 Å². The summed E-state index contributed by atoms with van der Waals surface area (Å²) >= 11 is 1.43. The molecule has 1 aromatic carbocycles. The molecule has 66 valence electrons. The minimum absolute atomic E-state index is 0.581. The molecule has 2 rings (SSSR count). The maximum absolute atomic E-state index is 5.65. The number of benzene rings is 1. The van der Waals surface area contributed by atoms with Crippen molar-refractivity contribution in [2.45, 2.75) is 0 Å². The van der Waals surface area contributed by atoms with E-state index in [0.29, 0.717) is 5.13 Å². The maximum Gasteiger partial charge on any atom is 0.180 e. The van der Waals surface area contributed by atoms with Crippen molar-refractivity contribution in [3.8, 4) is 11.3 Å². The average Bonchev–Trinajstić information content (AvgIpc) is 2.52. The van der Waals surface area contributed by atoms with Gasteiger partial charge in [0.05, 0.1) is 5.69 Å². The molecule has 0 radical (unpaired) electrons. The van der Waals surface area contributed by atoms with E-state index >= 15 is 0 Å². The monoisotopic (exact) mass is 191 g/mol. The molecule has 0 saturated carbocycles. The first kappa shape index (κ1) is 8.07. The van der Waals surface area contributed by atoms with E-state index in [1.54, 1.807) is 0 Å². The molecule has 0 saturated heterocycles. The smallest absolute Gasteiger partial charge is 0.180 e. The van der Waals surface area contributed by atoms with Gasteiger partial charge in [-0.3, -0.25) is 0 Å². The number of anilines is 2. The second kappa shape index (κ2) is 3.06. The van der Waals surface area contributed by atoms with Crippen molar-refractivity contribution in [1.82, 2.24) is 4.98 Å². The molecule has 0 unspecified atom stereocenters. The zero-order chi connectivity index (χ0) is 9.26. The van der Waals surface area contributed by atoms with E-state index in [2.05, 4.69) is 4.98 Å². The molecule has 0 aliphatic rings. The number of nitrogens with two attached hydrogens (primary N) is 2. The minimum Gasteiger partial charge on any atom is -0.399 e. The third-order valence-corrected chi connectivity index (χ3v) is 2.38. The highest BCUT2D eigenvalue weighted by Gasteiger charge is 2.01. The van der Waals surface area contributed by atoms with Crippen LogP contribution in [0.15, 0.2) is 29.6 Å². The van der Waals surface area contributed by atoms with Gasteiger partial charge in [-0.1, -0.05) is 12.1 Å². The number of hydrogen-bond donors (Lipinski definition) is 2. The first-order valence-electron chi connectivity index (χ1n) is 3.82. The molecular weight excluding hydrogens is 182 g/mol. The standard InChI is InChI=1S/C9H9N3S/c10-7-3-1-2-6(4-7)8-5-13-9(11)12-8/h1-5H,10H2,(H2,11,12). The van der Waals surface area contributed by atoms with E-state index in [9.17, 15) is 0 Å². The lowest BCUT2D eigenvalue weighted by Crippen LogP contribution is -1.86. The Morgan fingerprint density at radius 1 is 1.23 bits per heavy atom. The summed E-state index contributed by atoms with van der Waals surface area (Å²) in [5.41, 5.74) is 13.8. The van der Waals surface area contributed by atoms with Crippen molar-refractivity contribution in [3.63, 3.8) is 0 Å². The van der Waals surface area contributed by atoms with Crippen LogP contribution in [0.25, 0.3) is 11.3 Å². The van der Waals surface area contributed by atoms with Gasteiger partial charge in [-0.05, 0) is 12.1 Å². The van der Waals surface area contributed by atoms with Gasteiger partial charge in [0.15, 0.2) is 5.13 Å². The Morgan fingerprint density at radius 2 is 2.08 bits per heavy atom. The van der Waals surface area contributed by atoms with Crippen molar-refractivity contribution in [2.24, 2.45) is 0 Å². The number of aromatic nitrogens is 1. The van der Waals surface area contributed by atoms with Gasteiger partial charge in [0.25, 0.3) is 0 Å². The molecule has 1 aromatic heterocycles. The van der Waals surface area contributed by atoms with E-state index < -0.39 is 0 Å². The highest BCUT2D eigenvalue weighted by molar-refractivity contribution is 7.13. The molecule has 1 heterocycles. The highest BCUT2D eigenvalue weighted by atomic mass is 32.1. The molecule has 0 aliphatic heterocycles. The Balaban J connectivity index is 2.46. The Morgan fingerprint density at radius 3 is 2.69 bits per heavy atom. The summed E-state index contributed by atoms with van der Waals surface area (Å²) in [5, 5.41) is 2.50. The van der Waals surface area contributed by atoms with Gasteiger partial charge < -0.3 is 11.5 Å². The number of hydrogen-bond acceptors (Lipinski definition) is 4. The molecule has 0 fully saturated rings. The van der Waals surface area contributed by atoms with Crippen LogP contribution in [0.5, 0.6) is 0 Å². The number of nitrogens with zero attached hydrogens (tertiary/aromatic N) is 1. The van der Waals surface area contributed by atoms with E-state index in [-0.39, 0.29) is 0 Å². The van der Waals surface area contributed by atoms with Crippen molar-refractivity contribution in [1.29, 1.82) is 0 Å². The molecule has 0 amide bonds. The van der Waals surface area contributed by atoms with Crippen LogP contribution >= 0.6 is 11.3 Å². The second-order valence-corrected chi connectivity index (χ2v) is 3.59. The Kier molecular flexibility index (Phi) is 1.90. The van der Waals surface area contributed by atoms with Crippen molar-refractivity contribution in [3.05, 3.63) is 29.6 Å². The predicted octanol–water partition coefficient (Wildman–Crippen LogP) is 1.97. The van der Waals surface area contributed by atoms with Gasteiger partial charge >= 0.3 is 0 Å². The Hall–Kier alpha value is -1.55. The molecule has 4 N–H and O–H groups in total. The summed E-state index contributed by atoms with van der Waals surface area (Å²) in [6.07, 6.45) is 0. The molecule has 13 heavy (non-hydrogen) atoms. The van der Waals surface area contributed by atoms with E-state index in [1.165, 1.54) is 11.3 Å². The van der Waals surface area contributed by atoms with E-state index in [4.69, 9.17) is 11.5 Å². The third-order valence-electron chi connectivity index (χ3n) is 1.70. The summed E-state index contributed by atoms with van der Waals surface area (Å²) in [4.78, 5) is 4.16. The fourth-order valence-electron chi connectivity index (χ4n) is 1.12. The average molecular weight is 191 g/mol. The molecule has 3 nitrogen and oxygen atoms in total. The molecule has 0 aliphatic carbocycles. The zero-order valence-corrected chi connectivity index (χ0v) is 7.71. The summed E-state index contributed by atoms with van der Waals surface area (Å²) < 4.78 is 0. The molecule has 4 heteroatoms. The molecule has 0 atom stereocenters. The van der Waals surface area contributed by atoms with Crippen molar-refractivity contribution >= 4 is 22.2 Å². The van der Waals surface area contributed by atoms with Crippen molar-refractivity contribution in [2.75, 3.05) is 11.5 Å². The summed E-state index contributed by atoms with van der Waals surface area (Å²) in [6.45, 7) is 0. The Bertz CT molecular complexity index is 422. The van der Waals surface area contributed by atoms with Gasteiger partial charge in [-0.2, -0.15) is 0 Å². The van der Waals surface area contributed by atoms with Gasteiger partial charge in [0.1, 0.15) is 0 Å². The lowest BCUT2D eigenvalue weighted by atomic mass is 10.1. The van der Waals surface area contributed by atoms with Gasteiger partial charge in [-0.15, -0.1) is 11.3 Å². The lowest BCUT2D eigenvalue weighted by molar-refractivity contribution is 1.41.